The molecule has 8 heteroatoms. The van der Waals surface area contributed by atoms with Gasteiger partial charge in [0.2, 0.25) is 0 Å². The van der Waals surface area contributed by atoms with Crippen LogP contribution >= 0.6 is 12.2 Å². The molecule has 0 heterocycles. The number of hydrogen-bond acceptors (Lipinski definition) is 5. The zero-order valence-electron chi connectivity index (χ0n) is 13.7. The van der Waals surface area contributed by atoms with Crippen molar-refractivity contribution in [3.63, 3.8) is 0 Å². The lowest BCUT2D eigenvalue weighted by molar-refractivity contribution is -0.384. The largest absolute Gasteiger partial charge is 0.494 e. The third kappa shape index (κ3) is 4.74. The maximum atomic E-state index is 12.2. The van der Waals surface area contributed by atoms with Gasteiger partial charge < -0.3 is 10.1 Å². The molecular weight excluding hydrogens is 342 g/mol. The van der Waals surface area contributed by atoms with E-state index >= 15 is 0 Å². The molecule has 0 aliphatic carbocycles. The first kappa shape index (κ1) is 18.3. The Labute approximate surface area is 150 Å². The first-order chi connectivity index (χ1) is 11.9. The molecule has 0 saturated carbocycles. The van der Waals surface area contributed by atoms with Gasteiger partial charge in [0.1, 0.15) is 5.75 Å². The molecule has 2 aromatic carbocycles. The molecule has 0 aromatic heterocycles. The molecule has 0 aliphatic rings. The average molecular weight is 359 g/mol. The van der Waals surface area contributed by atoms with E-state index in [0.717, 1.165) is 12.0 Å². The second-order valence-electron chi connectivity index (χ2n) is 5.10. The van der Waals surface area contributed by atoms with Crippen LogP contribution < -0.4 is 15.4 Å². The lowest BCUT2D eigenvalue weighted by Gasteiger charge is -2.12. The summed E-state index contributed by atoms with van der Waals surface area (Å²) in [7, 11) is 1.39. The van der Waals surface area contributed by atoms with Crippen LogP contribution in [0.5, 0.6) is 5.75 Å². The van der Waals surface area contributed by atoms with Crippen LogP contribution in [0.25, 0.3) is 0 Å². The van der Waals surface area contributed by atoms with Crippen molar-refractivity contribution in [3.05, 3.63) is 63.7 Å². The van der Waals surface area contributed by atoms with E-state index in [1.807, 2.05) is 19.1 Å². The minimum Gasteiger partial charge on any atom is -0.494 e. The lowest BCUT2D eigenvalue weighted by Crippen LogP contribution is -2.34. The van der Waals surface area contributed by atoms with Crippen LogP contribution in [0.4, 0.5) is 11.4 Å². The second kappa shape index (κ2) is 8.20. The van der Waals surface area contributed by atoms with E-state index in [-0.39, 0.29) is 22.5 Å². The van der Waals surface area contributed by atoms with Crippen molar-refractivity contribution in [1.82, 2.24) is 5.32 Å². The molecule has 0 radical (unpaired) electrons. The van der Waals surface area contributed by atoms with Gasteiger partial charge in [-0.05, 0) is 42.4 Å². The van der Waals surface area contributed by atoms with Crippen molar-refractivity contribution in [2.45, 2.75) is 13.3 Å². The highest BCUT2D eigenvalue weighted by Gasteiger charge is 2.13. The lowest BCUT2D eigenvalue weighted by atomic mass is 10.1. The highest BCUT2D eigenvalue weighted by atomic mass is 32.1. The van der Waals surface area contributed by atoms with Crippen LogP contribution in [0.15, 0.2) is 42.5 Å². The Hall–Kier alpha value is -3.00. The van der Waals surface area contributed by atoms with Gasteiger partial charge in [0.25, 0.3) is 11.6 Å². The fourth-order valence-corrected chi connectivity index (χ4v) is 2.32. The zero-order chi connectivity index (χ0) is 18.4. The van der Waals surface area contributed by atoms with Gasteiger partial charge in [0.05, 0.1) is 23.8 Å². The standard InChI is InChI=1S/C17H17N3O4S/c1-3-11-4-6-12(7-5-11)16(21)19-17(25)18-14-9-8-13(20(22)23)10-15(14)24-2/h4-10H,3H2,1-2H3,(H2,18,19,21,25). The summed E-state index contributed by atoms with van der Waals surface area (Å²) in [4.78, 5) is 22.5. The number of aryl methyl sites for hydroxylation is 1. The van der Waals surface area contributed by atoms with Crippen molar-refractivity contribution in [1.29, 1.82) is 0 Å². The molecule has 0 spiro atoms. The van der Waals surface area contributed by atoms with Gasteiger partial charge in [-0.3, -0.25) is 20.2 Å². The third-order valence-corrected chi connectivity index (χ3v) is 3.70. The molecule has 0 aliphatic heterocycles. The van der Waals surface area contributed by atoms with Crippen LogP contribution in [0.2, 0.25) is 0 Å². The first-order valence-electron chi connectivity index (χ1n) is 7.48. The van der Waals surface area contributed by atoms with Gasteiger partial charge in [-0.2, -0.15) is 0 Å². The number of carbonyl (C=O) groups excluding carboxylic acids is 1. The van der Waals surface area contributed by atoms with E-state index in [4.69, 9.17) is 17.0 Å². The quantitative estimate of drug-likeness (QED) is 0.483. The van der Waals surface area contributed by atoms with Gasteiger partial charge >= 0.3 is 0 Å². The van der Waals surface area contributed by atoms with Gasteiger partial charge in [0, 0.05) is 11.6 Å². The molecule has 0 fully saturated rings. The number of nitro groups is 1. The zero-order valence-corrected chi connectivity index (χ0v) is 14.6. The predicted octanol–water partition coefficient (Wildman–Crippen LogP) is 3.29. The van der Waals surface area contributed by atoms with Crippen LogP contribution in [0.1, 0.15) is 22.8 Å². The maximum Gasteiger partial charge on any atom is 0.273 e. The molecule has 2 N–H and O–H groups in total. The highest BCUT2D eigenvalue weighted by molar-refractivity contribution is 7.80. The van der Waals surface area contributed by atoms with Crippen molar-refractivity contribution in [3.8, 4) is 5.75 Å². The fourth-order valence-electron chi connectivity index (χ4n) is 2.12. The van der Waals surface area contributed by atoms with Crippen molar-refractivity contribution < 1.29 is 14.5 Å². The Morgan fingerprint density at radius 3 is 2.48 bits per heavy atom. The minimum absolute atomic E-state index is 0.0664. The summed E-state index contributed by atoms with van der Waals surface area (Å²) in [5, 5.41) is 16.2. The molecule has 2 rings (SSSR count). The molecule has 0 bridgehead atoms. The molecular formula is C17H17N3O4S. The highest BCUT2D eigenvalue weighted by Crippen LogP contribution is 2.28. The summed E-state index contributed by atoms with van der Waals surface area (Å²) in [6.07, 6.45) is 0.891. The molecule has 2 aromatic rings. The summed E-state index contributed by atoms with van der Waals surface area (Å²) in [6, 6.07) is 11.3. The normalized spacial score (nSPS) is 10.0. The Morgan fingerprint density at radius 2 is 1.92 bits per heavy atom. The summed E-state index contributed by atoms with van der Waals surface area (Å²) < 4.78 is 5.11. The number of hydrogen-bond donors (Lipinski definition) is 2. The van der Waals surface area contributed by atoms with Crippen molar-refractivity contribution in [2.75, 3.05) is 12.4 Å². The van der Waals surface area contributed by atoms with Crippen molar-refractivity contribution >= 4 is 34.6 Å². The molecule has 0 unspecified atom stereocenters. The molecule has 0 saturated heterocycles. The number of non-ortho nitro benzene ring substituents is 1. The second-order valence-corrected chi connectivity index (χ2v) is 5.51. The molecule has 7 nitrogen and oxygen atoms in total. The molecule has 1 amide bonds. The molecule has 0 atom stereocenters. The Morgan fingerprint density at radius 1 is 1.24 bits per heavy atom. The number of anilines is 1. The van der Waals surface area contributed by atoms with Crippen LogP contribution in [-0.4, -0.2) is 23.1 Å². The van der Waals surface area contributed by atoms with Crippen LogP contribution in [0.3, 0.4) is 0 Å². The maximum absolute atomic E-state index is 12.2. The number of methoxy groups -OCH3 is 1. The number of benzene rings is 2. The Balaban J connectivity index is 2.06. The van der Waals surface area contributed by atoms with Gasteiger partial charge in [0.15, 0.2) is 5.11 Å². The third-order valence-electron chi connectivity index (χ3n) is 3.50. The van der Waals surface area contributed by atoms with Crippen LogP contribution in [-0.2, 0) is 6.42 Å². The summed E-state index contributed by atoms with van der Waals surface area (Å²) in [5.74, 6) is -0.0980. The number of nitrogens with one attached hydrogen (secondary N) is 2. The Bertz CT molecular complexity index is 806. The number of nitrogens with zero attached hydrogens (tertiary/aromatic N) is 1. The van der Waals surface area contributed by atoms with Gasteiger partial charge in [-0.1, -0.05) is 19.1 Å². The molecule has 130 valence electrons. The SMILES string of the molecule is CCc1ccc(C(=O)NC(=S)Nc2ccc([N+](=O)[O-])cc2OC)cc1. The number of nitro benzene ring substituents is 1. The van der Waals surface area contributed by atoms with E-state index in [1.165, 1.54) is 25.3 Å². The summed E-state index contributed by atoms with van der Waals surface area (Å²) >= 11 is 5.12. The number of thiocarbonyl (C=S) groups is 1. The van der Waals surface area contributed by atoms with Crippen molar-refractivity contribution in [2.24, 2.45) is 0 Å². The smallest absolute Gasteiger partial charge is 0.273 e. The number of carbonyl (C=O) groups is 1. The van der Waals surface area contributed by atoms with Gasteiger partial charge in [-0.25, -0.2) is 0 Å². The predicted molar refractivity (Wildman–Crippen MR) is 99.2 cm³/mol. The first-order valence-corrected chi connectivity index (χ1v) is 7.89. The summed E-state index contributed by atoms with van der Waals surface area (Å²) in [5.41, 5.74) is 1.93. The number of amides is 1. The summed E-state index contributed by atoms with van der Waals surface area (Å²) in [6.45, 7) is 2.03. The number of ether oxygens (including phenoxy) is 1. The Kier molecular flexibility index (Phi) is 6.02. The molecule has 25 heavy (non-hydrogen) atoms. The van der Waals surface area contributed by atoms with E-state index < -0.39 is 4.92 Å². The van der Waals surface area contributed by atoms with E-state index in [2.05, 4.69) is 10.6 Å². The topological polar surface area (TPSA) is 93.5 Å². The fraction of sp³-hybridized carbons (Fsp3) is 0.176. The monoisotopic (exact) mass is 359 g/mol. The van der Waals surface area contributed by atoms with E-state index in [9.17, 15) is 14.9 Å². The van der Waals surface area contributed by atoms with E-state index in [1.54, 1.807) is 12.1 Å². The van der Waals surface area contributed by atoms with Crippen LogP contribution in [0, 0.1) is 10.1 Å². The number of rotatable bonds is 5. The average Bonchev–Trinajstić information content (AvgIpc) is 2.61. The van der Waals surface area contributed by atoms with Gasteiger partial charge in [-0.15, -0.1) is 0 Å². The minimum atomic E-state index is -0.521. The van der Waals surface area contributed by atoms with E-state index in [0.29, 0.717) is 11.3 Å².